The van der Waals surface area contributed by atoms with Crippen LogP contribution in [0.2, 0.25) is 0 Å². The van der Waals surface area contributed by atoms with Crippen LogP contribution in [0.5, 0.6) is 0 Å². The van der Waals surface area contributed by atoms with Crippen molar-refractivity contribution in [1.82, 2.24) is 0 Å². The smallest absolute Gasteiger partial charge is 0.237 e. The molecule has 3 heteroatoms. The first kappa shape index (κ1) is 7.98. The van der Waals surface area contributed by atoms with Gasteiger partial charge in [-0.1, -0.05) is 25.2 Å². The van der Waals surface area contributed by atoms with Crippen LogP contribution in [0.3, 0.4) is 0 Å². The average Bonchev–Trinajstić information content (AvgIpc) is 2.04. The second kappa shape index (κ2) is 3.32. The largest absolute Gasteiger partial charge is 0.264 e. The Labute approximate surface area is 65.6 Å². The van der Waals surface area contributed by atoms with Gasteiger partial charge in [-0.3, -0.25) is 10.1 Å². The first-order chi connectivity index (χ1) is 5.25. The van der Waals surface area contributed by atoms with E-state index in [1.807, 2.05) is 19.1 Å². The summed E-state index contributed by atoms with van der Waals surface area (Å²) in [6, 6.07) is -0.509. The van der Waals surface area contributed by atoms with Gasteiger partial charge in [-0.05, 0) is 12.5 Å². The van der Waals surface area contributed by atoms with Gasteiger partial charge in [0.05, 0.1) is 0 Å². The molecule has 1 aliphatic rings. The molecule has 2 atom stereocenters. The Hall–Kier alpha value is -1.12. The van der Waals surface area contributed by atoms with Gasteiger partial charge < -0.3 is 0 Å². The number of allylic oxidation sites excluding steroid dienone is 2. The van der Waals surface area contributed by atoms with Gasteiger partial charge in [0.1, 0.15) is 0 Å². The summed E-state index contributed by atoms with van der Waals surface area (Å²) in [5, 5.41) is 10.4. The lowest BCUT2D eigenvalue weighted by Crippen LogP contribution is -2.26. The van der Waals surface area contributed by atoms with Gasteiger partial charge in [0, 0.05) is 10.8 Å². The van der Waals surface area contributed by atoms with Gasteiger partial charge >= 0.3 is 0 Å². The van der Waals surface area contributed by atoms with Crippen molar-refractivity contribution < 1.29 is 4.92 Å². The van der Waals surface area contributed by atoms with Crippen LogP contribution in [0.1, 0.15) is 13.3 Å². The second-order valence-corrected chi connectivity index (χ2v) is 2.62. The van der Waals surface area contributed by atoms with Crippen molar-refractivity contribution in [1.29, 1.82) is 0 Å². The molecule has 11 heavy (non-hydrogen) atoms. The maximum Gasteiger partial charge on any atom is 0.237 e. The van der Waals surface area contributed by atoms with E-state index in [1.54, 1.807) is 12.2 Å². The van der Waals surface area contributed by atoms with Crippen LogP contribution in [-0.4, -0.2) is 11.0 Å². The molecule has 0 bridgehead atoms. The topological polar surface area (TPSA) is 43.1 Å². The molecule has 0 spiro atoms. The van der Waals surface area contributed by atoms with Crippen molar-refractivity contribution in [2.75, 3.05) is 0 Å². The van der Waals surface area contributed by atoms with E-state index in [9.17, 15) is 10.1 Å². The summed E-state index contributed by atoms with van der Waals surface area (Å²) >= 11 is 0. The third-order valence-electron chi connectivity index (χ3n) is 1.93. The Kier molecular flexibility index (Phi) is 2.41. The van der Waals surface area contributed by atoms with Crippen LogP contribution in [0.25, 0.3) is 0 Å². The fourth-order valence-electron chi connectivity index (χ4n) is 1.25. The molecule has 1 aliphatic carbocycles. The summed E-state index contributed by atoms with van der Waals surface area (Å²) in [6.07, 6.45) is 7.97. The van der Waals surface area contributed by atoms with E-state index >= 15 is 0 Å². The molecule has 0 aliphatic heterocycles. The summed E-state index contributed by atoms with van der Waals surface area (Å²) < 4.78 is 0. The van der Waals surface area contributed by atoms with Crippen molar-refractivity contribution in [2.24, 2.45) is 5.92 Å². The molecule has 0 aromatic heterocycles. The monoisotopic (exact) mass is 153 g/mol. The van der Waals surface area contributed by atoms with Gasteiger partial charge in [0.2, 0.25) is 6.04 Å². The van der Waals surface area contributed by atoms with Gasteiger partial charge in [-0.25, -0.2) is 0 Å². The van der Waals surface area contributed by atoms with E-state index < -0.39 is 6.04 Å². The van der Waals surface area contributed by atoms with Crippen molar-refractivity contribution in [2.45, 2.75) is 19.4 Å². The minimum Gasteiger partial charge on any atom is -0.264 e. The zero-order valence-corrected chi connectivity index (χ0v) is 6.43. The first-order valence-electron chi connectivity index (χ1n) is 3.74. The van der Waals surface area contributed by atoms with Gasteiger partial charge in [0.15, 0.2) is 0 Å². The average molecular weight is 153 g/mol. The maximum absolute atomic E-state index is 10.4. The number of hydrogen-bond donors (Lipinski definition) is 0. The lowest BCUT2D eigenvalue weighted by atomic mass is 9.93. The van der Waals surface area contributed by atoms with Crippen molar-refractivity contribution in [3.05, 3.63) is 34.4 Å². The Morgan fingerprint density at radius 2 is 2.09 bits per heavy atom. The van der Waals surface area contributed by atoms with Gasteiger partial charge in [-0.15, -0.1) is 0 Å². The third-order valence-corrected chi connectivity index (χ3v) is 1.93. The molecule has 3 nitrogen and oxygen atoms in total. The van der Waals surface area contributed by atoms with E-state index in [-0.39, 0.29) is 10.8 Å². The van der Waals surface area contributed by atoms with Crippen LogP contribution in [0, 0.1) is 16.0 Å². The number of hydrogen-bond acceptors (Lipinski definition) is 2. The molecule has 0 aromatic carbocycles. The summed E-state index contributed by atoms with van der Waals surface area (Å²) in [5.41, 5.74) is 0. The highest BCUT2D eigenvalue weighted by Gasteiger charge is 2.26. The van der Waals surface area contributed by atoms with Crippen molar-refractivity contribution in [3.63, 3.8) is 0 Å². The van der Waals surface area contributed by atoms with Crippen LogP contribution >= 0.6 is 0 Å². The zero-order valence-electron chi connectivity index (χ0n) is 6.43. The SMILES string of the molecule is CCC1C=CC=CC1[N+](=O)[O-]. The zero-order chi connectivity index (χ0) is 8.27. The minimum atomic E-state index is -0.509. The van der Waals surface area contributed by atoms with Crippen LogP contribution < -0.4 is 0 Å². The van der Waals surface area contributed by atoms with Crippen molar-refractivity contribution >= 4 is 0 Å². The maximum atomic E-state index is 10.4. The number of rotatable bonds is 2. The van der Waals surface area contributed by atoms with Gasteiger partial charge in [-0.2, -0.15) is 0 Å². The predicted octanol–water partition coefficient (Wildman–Crippen LogP) is 1.78. The predicted molar refractivity (Wildman–Crippen MR) is 42.8 cm³/mol. The second-order valence-electron chi connectivity index (χ2n) is 2.62. The Morgan fingerprint density at radius 1 is 1.45 bits per heavy atom. The van der Waals surface area contributed by atoms with Crippen LogP contribution in [0.15, 0.2) is 24.3 Å². The fourth-order valence-corrected chi connectivity index (χ4v) is 1.25. The lowest BCUT2D eigenvalue weighted by molar-refractivity contribution is -0.516. The van der Waals surface area contributed by atoms with E-state index in [4.69, 9.17) is 0 Å². The fraction of sp³-hybridized carbons (Fsp3) is 0.500. The highest BCUT2D eigenvalue weighted by molar-refractivity contribution is 5.14. The highest BCUT2D eigenvalue weighted by atomic mass is 16.6. The molecule has 0 saturated heterocycles. The molecular weight excluding hydrogens is 142 g/mol. The van der Waals surface area contributed by atoms with Crippen LogP contribution in [0.4, 0.5) is 0 Å². The quantitative estimate of drug-likeness (QED) is 0.448. The Balaban J connectivity index is 2.70. The highest BCUT2D eigenvalue weighted by Crippen LogP contribution is 2.17. The van der Waals surface area contributed by atoms with E-state index in [0.717, 1.165) is 6.42 Å². The molecule has 60 valence electrons. The van der Waals surface area contributed by atoms with E-state index in [2.05, 4.69) is 0 Å². The van der Waals surface area contributed by atoms with Crippen LogP contribution in [-0.2, 0) is 0 Å². The summed E-state index contributed by atoms with van der Waals surface area (Å²) in [6.45, 7) is 1.96. The molecule has 0 aromatic rings. The standard InChI is InChI=1S/C8H11NO2/c1-2-7-5-3-4-6-8(7)9(10)11/h3-8H,2H2,1H3. The molecule has 0 fully saturated rings. The van der Waals surface area contributed by atoms with E-state index in [1.165, 1.54) is 0 Å². The molecular formula is C8H11NO2. The molecule has 0 heterocycles. The first-order valence-corrected chi connectivity index (χ1v) is 3.74. The molecule has 0 saturated carbocycles. The Bertz CT molecular complexity index is 208. The molecule has 0 amide bonds. The number of nitro groups is 1. The lowest BCUT2D eigenvalue weighted by Gasteiger charge is -2.14. The summed E-state index contributed by atoms with van der Waals surface area (Å²) in [7, 11) is 0. The normalized spacial score (nSPS) is 28.8. The van der Waals surface area contributed by atoms with Gasteiger partial charge in [0.25, 0.3) is 0 Å². The number of nitrogens with zero attached hydrogens (tertiary/aromatic N) is 1. The molecule has 0 N–H and O–H groups in total. The Morgan fingerprint density at radius 3 is 2.55 bits per heavy atom. The molecule has 2 unspecified atom stereocenters. The summed E-state index contributed by atoms with van der Waals surface area (Å²) in [5.74, 6) is 0.0787. The third kappa shape index (κ3) is 1.67. The van der Waals surface area contributed by atoms with Crippen molar-refractivity contribution in [3.8, 4) is 0 Å². The van der Waals surface area contributed by atoms with E-state index in [0.29, 0.717) is 0 Å². The molecule has 0 radical (unpaired) electrons. The minimum absolute atomic E-state index is 0.0787. The molecule has 1 rings (SSSR count). The summed E-state index contributed by atoms with van der Waals surface area (Å²) in [4.78, 5) is 10.2.